The summed E-state index contributed by atoms with van der Waals surface area (Å²) in [5.41, 5.74) is 2.29. The number of hydrogen-bond donors (Lipinski definition) is 1. The molecule has 0 aliphatic heterocycles. The van der Waals surface area contributed by atoms with E-state index in [-0.39, 0.29) is 30.6 Å². The molecule has 0 radical (unpaired) electrons. The summed E-state index contributed by atoms with van der Waals surface area (Å²) in [6.07, 6.45) is 0.821. The second-order valence-corrected chi connectivity index (χ2v) is 9.42. The molecule has 0 fully saturated rings. The highest BCUT2D eigenvalue weighted by Crippen LogP contribution is 2.18. The fourth-order valence-corrected chi connectivity index (χ4v) is 3.33. The molecule has 0 aliphatic carbocycles. The van der Waals surface area contributed by atoms with Gasteiger partial charge in [-0.2, -0.15) is 0 Å². The molecule has 0 aromatic heterocycles. The van der Waals surface area contributed by atoms with Crippen LogP contribution in [-0.4, -0.2) is 28.3 Å². The molecule has 0 heterocycles. The van der Waals surface area contributed by atoms with Crippen molar-refractivity contribution in [3.63, 3.8) is 0 Å². The second kappa shape index (κ2) is 10.6. The number of carbonyl (C=O) groups is 2. The van der Waals surface area contributed by atoms with Crippen molar-refractivity contribution in [2.75, 3.05) is 0 Å². The molecule has 4 nitrogen and oxygen atoms in total. The summed E-state index contributed by atoms with van der Waals surface area (Å²) in [6.45, 7) is 11.7. The maximum atomic E-state index is 14.3. The van der Waals surface area contributed by atoms with Crippen molar-refractivity contribution < 1.29 is 14.0 Å². The Labute approximate surface area is 185 Å². The molecular weight excluding hydrogens is 391 g/mol. The molecule has 0 bridgehead atoms. The van der Waals surface area contributed by atoms with E-state index in [2.05, 4.69) is 31.3 Å². The molecule has 0 unspecified atom stereocenters. The molecule has 31 heavy (non-hydrogen) atoms. The van der Waals surface area contributed by atoms with Crippen LogP contribution in [0.1, 0.15) is 70.6 Å². The van der Waals surface area contributed by atoms with Crippen LogP contribution in [0, 0.1) is 5.82 Å². The van der Waals surface area contributed by atoms with E-state index in [1.807, 2.05) is 32.9 Å². The van der Waals surface area contributed by atoms with Gasteiger partial charge in [0.25, 0.3) is 0 Å². The SMILES string of the molecule is CC(C)c1ccc(CCC(=O)N(Cc2ccccc2F)[C@@H](C)C(=O)NC(C)(C)C)cc1. The first kappa shape index (κ1) is 24.6. The lowest BCUT2D eigenvalue weighted by atomic mass is 10.00. The normalized spacial score (nSPS) is 12.5. The van der Waals surface area contributed by atoms with E-state index in [4.69, 9.17) is 0 Å². The lowest BCUT2D eigenvalue weighted by molar-refractivity contribution is -0.141. The Balaban J connectivity index is 2.16. The van der Waals surface area contributed by atoms with Crippen LogP contribution < -0.4 is 5.32 Å². The zero-order chi connectivity index (χ0) is 23.2. The van der Waals surface area contributed by atoms with Gasteiger partial charge in [0.1, 0.15) is 11.9 Å². The molecule has 0 aliphatic rings. The molecule has 2 amide bonds. The topological polar surface area (TPSA) is 49.4 Å². The molecule has 1 atom stereocenters. The van der Waals surface area contributed by atoms with Crippen LogP contribution in [0.5, 0.6) is 0 Å². The highest BCUT2D eigenvalue weighted by molar-refractivity contribution is 5.87. The van der Waals surface area contributed by atoms with Gasteiger partial charge < -0.3 is 10.2 Å². The summed E-state index contributed by atoms with van der Waals surface area (Å²) in [6, 6.07) is 13.9. The number of halogens is 1. The van der Waals surface area contributed by atoms with Crippen LogP contribution in [0.2, 0.25) is 0 Å². The Morgan fingerprint density at radius 2 is 1.61 bits per heavy atom. The van der Waals surface area contributed by atoms with Gasteiger partial charge in [0.2, 0.25) is 11.8 Å². The number of carbonyl (C=O) groups excluding carboxylic acids is 2. The number of nitrogens with zero attached hydrogens (tertiary/aromatic N) is 1. The first-order chi connectivity index (χ1) is 14.5. The Hall–Kier alpha value is -2.69. The average Bonchev–Trinajstić information content (AvgIpc) is 2.70. The molecule has 0 saturated carbocycles. The number of rotatable bonds is 8. The fourth-order valence-electron chi connectivity index (χ4n) is 3.33. The largest absolute Gasteiger partial charge is 0.350 e. The Morgan fingerprint density at radius 1 is 1.00 bits per heavy atom. The van der Waals surface area contributed by atoms with Crippen LogP contribution in [0.3, 0.4) is 0 Å². The monoisotopic (exact) mass is 426 g/mol. The van der Waals surface area contributed by atoms with Crippen molar-refractivity contribution in [1.29, 1.82) is 0 Å². The number of benzene rings is 2. The minimum Gasteiger partial charge on any atom is -0.350 e. The molecule has 5 heteroatoms. The zero-order valence-electron chi connectivity index (χ0n) is 19.5. The predicted molar refractivity (Wildman–Crippen MR) is 123 cm³/mol. The minimum atomic E-state index is -0.713. The number of aryl methyl sites for hydroxylation is 1. The van der Waals surface area contributed by atoms with Gasteiger partial charge in [-0.15, -0.1) is 0 Å². The Morgan fingerprint density at radius 3 is 2.16 bits per heavy atom. The van der Waals surface area contributed by atoms with Crippen molar-refractivity contribution in [2.24, 2.45) is 0 Å². The first-order valence-electron chi connectivity index (χ1n) is 10.9. The summed E-state index contributed by atoms with van der Waals surface area (Å²) in [5, 5.41) is 2.92. The van der Waals surface area contributed by atoms with E-state index >= 15 is 0 Å². The van der Waals surface area contributed by atoms with Gasteiger partial charge in [-0.1, -0.05) is 56.3 Å². The molecule has 168 valence electrons. The van der Waals surface area contributed by atoms with Gasteiger partial charge in [-0.25, -0.2) is 4.39 Å². The van der Waals surface area contributed by atoms with Crippen LogP contribution in [0.15, 0.2) is 48.5 Å². The third-order valence-corrected chi connectivity index (χ3v) is 5.24. The van der Waals surface area contributed by atoms with E-state index in [9.17, 15) is 14.0 Å². The third kappa shape index (κ3) is 7.50. The Kier molecular flexibility index (Phi) is 8.37. The van der Waals surface area contributed by atoms with Gasteiger partial charge in [-0.05, 0) is 57.2 Å². The van der Waals surface area contributed by atoms with E-state index < -0.39 is 11.6 Å². The quantitative estimate of drug-likeness (QED) is 0.630. The smallest absolute Gasteiger partial charge is 0.242 e. The minimum absolute atomic E-state index is 0.0521. The van der Waals surface area contributed by atoms with Gasteiger partial charge in [-0.3, -0.25) is 9.59 Å². The third-order valence-electron chi connectivity index (χ3n) is 5.24. The summed E-state index contributed by atoms with van der Waals surface area (Å²) in [5.74, 6) is -0.353. The number of hydrogen-bond acceptors (Lipinski definition) is 2. The van der Waals surface area contributed by atoms with Gasteiger partial charge in [0.15, 0.2) is 0 Å². The maximum Gasteiger partial charge on any atom is 0.242 e. The van der Waals surface area contributed by atoms with Gasteiger partial charge in [0.05, 0.1) is 0 Å². The van der Waals surface area contributed by atoms with Gasteiger partial charge >= 0.3 is 0 Å². The second-order valence-electron chi connectivity index (χ2n) is 9.42. The van der Waals surface area contributed by atoms with E-state index in [1.54, 1.807) is 25.1 Å². The molecule has 2 aromatic carbocycles. The van der Waals surface area contributed by atoms with E-state index in [1.165, 1.54) is 16.5 Å². The summed E-state index contributed by atoms with van der Waals surface area (Å²) < 4.78 is 14.3. The van der Waals surface area contributed by atoms with Crippen LogP contribution in [0.4, 0.5) is 4.39 Å². The molecule has 1 N–H and O–H groups in total. The predicted octanol–water partition coefficient (Wildman–Crippen LogP) is 5.21. The average molecular weight is 427 g/mol. The van der Waals surface area contributed by atoms with Crippen LogP contribution in [-0.2, 0) is 22.6 Å². The summed E-state index contributed by atoms with van der Waals surface area (Å²) in [7, 11) is 0. The molecule has 2 aromatic rings. The van der Waals surface area contributed by atoms with Crippen molar-refractivity contribution in [3.05, 3.63) is 71.0 Å². The van der Waals surface area contributed by atoms with E-state index in [0.29, 0.717) is 17.9 Å². The maximum absolute atomic E-state index is 14.3. The lowest BCUT2D eigenvalue weighted by Gasteiger charge is -2.31. The summed E-state index contributed by atoms with van der Waals surface area (Å²) in [4.78, 5) is 27.4. The first-order valence-corrected chi connectivity index (χ1v) is 10.9. The number of nitrogens with one attached hydrogen (secondary N) is 1. The summed E-state index contributed by atoms with van der Waals surface area (Å²) >= 11 is 0. The highest BCUT2D eigenvalue weighted by atomic mass is 19.1. The van der Waals surface area contributed by atoms with E-state index in [0.717, 1.165) is 5.56 Å². The van der Waals surface area contributed by atoms with Crippen molar-refractivity contribution in [2.45, 2.75) is 78.4 Å². The highest BCUT2D eigenvalue weighted by Gasteiger charge is 2.28. The zero-order valence-corrected chi connectivity index (χ0v) is 19.5. The van der Waals surface area contributed by atoms with Crippen LogP contribution >= 0.6 is 0 Å². The van der Waals surface area contributed by atoms with Crippen molar-refractivity contribution in [3.8, 4) is 0 Å². The van der Waals surface area contributed by atoms with Crippen LogP contribution in [0.25, 0.3) is 0 Å². The van der Waals surface area contributed by atoms with Gasteiger partial charge in [0, 0.05) is 24.1 Å². The van der Waals surface area contributed by atoms with Crippen molar-refractivity contribution in [1.82, 2.24) is 10.2 Å². The standard InChI is InChI=1S/C26H35FN2O2/c1-18(2)21-14-11-20(12-15-21)13-16-24(30)29(17-22-9-7-8-10-23(22)27)19(3)25(31)28-26(4,5)6/h7-12,14-15,18-19H,13,16-17H2,1-6H3,(H,28,31)/t19-/m0/s1. The molecule has 0 spiro atoms. The Bertz CT molecular complexity index is 885. The number of amides is 2. The van der Waals surface area contributed by atoms with Crippen molar-refractivity contribution >= 4 is 11.8 Å². The molecular formula is C26H35FN2O2. The fraction of sp³-hybridized carbons (Fsp3) is 0.462. The molecule has 2 rings (SSSR count). The lowest BCUT2D eigenvalue weighted by Crippen LogP contribution is -2.52. The molecule has 0 saturated heterocycles.